The van der Waals surface area contributed by atoms with E-state index in [1.165, 1.54) is 5.57 Å². The SMILES string of the molecule is COCC1(CCOCC2=CC=COCC2)COC(c2ccco2)OC1. The molecule has 0 bridgehead atoms. The van der Waals surface area contributed by atoms with Crippen molar-refractivity contribution < 1.29 is 28.1 Å². The third kappa shape index (κ3) is 5.19. The maximum Gasteiger partial charge on any atom is 0.217 e. The van der Waals surface area contributed by atoms with Gasteiger partial charge in [-0.25, -0.2) is 0 Å². The predicted molar refractivity (Wildman–Crippen MR) is 90.9 cm³/mol. The van der Waals surface area contributed by atoms with E-state index >= 15 is 0 Å². The van der Waals surface area contributed by atoms with Crippen LogP contribution in [0.1, 0.15) is 24.9 Å². The highest BCUT2D eigenvalue weighted by atomic mass is 16.7. The standard InChI is InChI=1S/C19H26O6/c1-20-13-19(7-11-22-12-16-4-2-8-21-10-6-16)14-24-18(25-15-19)17-5-3-9-23-17/h2-5,8-9,18H,6-7,10-15H2,1H3. The second-order valence-electron chi connectivity index (χ2n) is 6.48. The molecule has 0 spiro atoms. The number of ether oxygens (including phenoxy) is 5. The Hall–Kier alpha value is -1.60. The maximum absolute atomic E-state index is 5.87. The van der Waals surface area contributed by atoms with Crippen LogP contribution in [0.15, 0.2) is 46.8 Å². The van der Waals surface area contributed by atoms with Crippen LogP contribution in [0.25, 0.3) is 0 Å². The van der Waals surface area contributed by atoms with Crippen molar-refractivity contribution in [3.63, 3.8) is 0 Å². The van der Waals surface area contributed by atoms with Gasteiger partial charge in [0.05, 0.1) is 45.6 Å². The highest BCUT2D eigenvalue weighted by Gasteiger charge is 2.38. The lowest BCUT2D eigenvalue weighted by Gasteiger charge is -2.39. The summed E-state index contributed by atoms with van der Waals surface area (Å²) in [6.45, 7) is 3.62. The molecule has 1 aromatic heterocycles. The number of rotatable bonds is 8. The van der Waals surface area contributed by atoms with Crippen LogP contribution in [0.4, 0.5) is 0 Å². The molecule has 0 atom stereocenters. The lowest BCUT2D eigenvalue weighted by Crippen LogP contribution is -2.43. The molecule has 0 N–H and O–H groups in total. The summed E-state index contributed by atoms with van der Waals surface area (Å²) in [4.78, 5) is 0. The molecule has 0 amide bonds. The van der Waals surface area contributed by atoms with Gasteiger partial charge in [0.2, 0.25) is 6.29 Å². The Bertz CT molecular complexity index is 554. The number of methoxy groups -OCH3 is 1. The first kappa shape index (κ1) is 18.2. The third-order valence-corrected chi connectivity index (χ3v) is 4.42. The summed E-state index contributed by atoms with van der Waals surface area (Å²) >= 11 is 0. The summed E-state index contributed by atoms with van der Waals surface area (Å²) in [5, 5.41) is 0. The van der Waals surface area contributed by atoms with Gasteiger partial charge >= 0.3 is 0 Å². The number of hydrogen-bond acceptors (Lipinski definition) is 6. The first-order valence-electron chi connectivity index (χ1n) is 8.61. The molecule has 1 fully saturated rings. The highest BCUT2D eigenvalue weighted by Crippen LogP contribution is 2.34. The molecule has 25 heavy (non-hydrogen) atoms. The van der Waals surface area contributed by atoms with Gasteiger partial charge in [-0.15, -0.1) is 0 Å². The van der Waals surface area contributed by atoms with Gasteiger partial charge < -0.3 is 28.1 Å². The lowest BCUT2D eigenvalue weighted by atomic mass is 9.86. The van der Waals surface area contributed by atoms with Crippen molar-refractivity contribution >= 4 is 0 Å². The van der Waals surface area contributed by atoms with Gasteiger partial charge in [-0.05, 0) is 30.2 Å². The van der Waals surface area contributed by atoms with Crippen LogP contribution >= 0.6 is 0 Å². The van der Waals surface area contributed by atoms with E-state index in [1.807, 2.05) is 18.2 Å². The molecule has 2 aliphatic heterocycles. The molecule has 0 unspecified atom stereocenters. The zero-order valence-corrected chi connectivity index (χ0v) is 14.6. The van der Waals surface area contributed by atoms with E-state index in [2.05, 4.69) is 6.08 Å². The van der Waals surface area contributed by atoms with Gasteiger partial charge in [0.15, 0.2) is 5.76 Å². The monoisotopic (exact) mass is 350 g/mol. The van der Waals surface area contributed by atoms with E-state index < -0.39 is 6.29 Å². The molecule has 0 radical (unpaired) electrons. The molecular weight excluding hydrogens is 324 g/mol. The fourth-order valence-corrected chi connectivity index (χ4v) is 2.97. The molecule has 3 heterocycles. The molecule has 138 valence electrons. The second kappa shape index (κ2) is 9.20. The van der Waals surface area contributed by atoms with Gasteiger partial charge in [0, 0.05) is 25.6 Å². The number of furan rings is 1. The Labute approximate surface area is 148 Å². The van der Waals surface area contributed by atoms with E-state index in [0.717, 1.165) is 12.8 Å². The van der Waals surface area contributed by atoms with Gasteiger partial charge in [0.25, 0.3) is 0 Å². The first-order valence-corrected chi connectivity index (χ1v) is 8.61. The summed E-state index contributed by atoms with van der Waals surface area (Å²) in [6, 6.07) is 3.69. The molecule has 2 aliphatic rings. The Balaban J connectivity index is 1.45. The zero-order valence-electron chi connectivity index (χ0n) is 14.6. The van der Waals surface area contributed by atoms with Crippen molar-refractivity contribution in [1.29, 1.82) is 0 Å². The lowest BCUT2D eigenvalue weighted by molar-refractivity contribution is -0.252. The summed E-state index contributed by atoms with van der Waals surface area (Å²) in [5.41, 5.74) is 1.04. The molecule has 1 aromatic rings. The number of allylic oxidation sites excluding steroid dienone is 2. The van der Waals surface area contributed by atoms with Crippen LogP contribution < -0.4 is 0 Å². The van der Waals surface area contributed by atoms with Crippen molar-refractivity contribution in [3.8, 4) is 0 Å². The summed E-state index contributed by atoms with van der Waals surface area (Å²) in [5.74, 6) is 0.692. The summed E-state index contributed by atoms with van der Waals surface area (Å²) < 4.78 is 33.6. The van der Waals surface area contributed by atoms with Crippen LogP contribution in [0.5, 0.6) is 0 Å². The average Bonchev–Trinajstić information content (AvgIpc) is 3.04. The predicted octanol–water partition coefficient (Wildman–Crippen LogP) is 3.22. The van der Waals surface area contributed by atoms with Crippen molar-refractivity contribution in [3.05, 3.63) is 48.1 Å². The van der Waals surface area contributed by atoms with Crippen LogP contribution in [0, 0.1) is 5.41 Å². The van der Waals surface area contributed by atoms with Gasteiger partial charge in [-0.1, -0.05) is 6.08 Å². The molecule has 0 aliphatic carbocycles. The van der Waals surface area contributed by atoms with Crippen LogP contribution in [0.3, 0.4) is 0 Å². The Morgan fingerprint density at radius 3 is 2.92 bits per heavy atom. The van der Waals surface area contributed by atoms with E-state index in [0.29, 0.717) is 45.4 Å². The largest absolute Gasteiger partial charge is 0.501 e. The average molecular weight is 350 g/mol. The van der Waals surface area contributed by atoms with Crippen molar-refractivity contribution in [2.24, 2.45) is 5.41 Å². The quantitative estimate of drug-likeness (QED) is 0.671. The molecule has 1 saturated heterocycles. The minimum atomic E-state index is -0.441. The van der Waals surface area contributed by atoms with E-state index in [9.17, 15) is 0 Å². The Morgan fingerprint density at radius 2 is 2.16 bits per heavy atom. The number of hydrogen-bond donors (Lipinski definition) is 0. The first-order chi connectivity index (χ1) is 12.3. The van der Waals surface area contributed by atoms with Gasteiger partial charge in [-0.3, -0.25) is 0 Å². The minimum Gasteiger partial charge on any atom is -0.501 e. The fourth-order valence-electron chi connectivity index (χ4n) is 2.97. The Morgan fingerprint density at radius 1 is 1.28 bits per heavy atom. The van der Waals surface area contributed by atoms with Gasteiger partial charge in [0.1, 0.15) is 0 Å². The maximum atomic E-state index is 5.87. The molecule has 3 rings (SSSR count). The molecule has 0 aromatic carbocycles. The zero-order chi connectivity index (χ0) is 17.4. The van der Waals surface area contributed by atoms with Crippen LogP contribution in [-0.2, 0) is 23.7 Å². The van der Waals surface area contributed by atoms with Crippen molar-refractivity contribution in [2.45, 2.75) is 19.1 Å². The topological polar surface area (TPSA) is 59.3 Å². The van der Waals surface area contributed by atoms with Crippen molar-refractivity contribution in [1.82, 2.24) is 0 Å². The molecule has 6 nitrogen and oxygen atoms in total. The van der Waals surface area contributed by atoms with Gasteiger partial charge in [-0.2, -0.15) is 0 Å². The van der Waals surface area contributed by atoms with Crippen molar-refractivity contribution in [2.75, 3.05) is 46.8 Å². The third-order valence-electron chi connectivity index (χ3n) is 4.42. The molecule has 6 heteroatoms. The highest BCUT2D eigenvalue weighted by molar-refractivity contribution is 5.13. The summed E-state index contributed by atoms with van der Waals surface area (Å²) in [7, 11) is 1.70. The van der Waals surface area contributed by atoms with E-state index in [1.54, 1.807) is 19.6 Å². The van der Waals surface area contributed by atoms with E-state index in [4.69, 9.17) is 28.1 Å². The summed E-state index contributed by atoms with van der Waals surface area (Å²) in [6.07, 6.45) is 8.57. The fraction of sp³-hybridized carbons (Fsp3) is 0.579. The minimum absolute atomic E-state index is 0.196. The van der Waals surface area contributed by atoms with E-state index in [-0.39, 0.29) is 5.41 Å². The molecular formula is C19H26O6. The van der Waals surface area contributed by atoms with Crippen LogP contribution in [0.2, 0.25) is 0 Å². The van der Waals surface area contributed by atoms with Crippen LogP contribution in [-0.4, -0.2) is 46.8 Å². The normalized spacial score (nSPS) is 26.8. The Kier molecular flexibility index (Phi) is 6.69. The second-order valence-corrected chi connectivity index (χ2v) is 6.48. The molecule has 0 saturated carbocycles. The smallest absolute Gasteiger partial charge is 0.217 e.